The third-order valence-corrected chi connectivity index (χ3v) is 3.81. The number of methoxy groups -OCH3 is 1. The van der Waals surface area contributed by atoms with Gasteiger partial charge in [0.15, 0.2) is 18.1 Å². The van der Waals surface area contributed by atoms with Crippen molar-refractivity contribution in [1.29, 1.82) is 0 Å². The zero-order chi connectivity index (χ0) is 18.4. The molecule has 0 aliphatic carbocycles. The van der Waals surface area contributed by atoms with Crippen LogP contribution in [0.5, 0.6) is 11.5 Å². The standard InChI is InChI=1S/C17H17ClN2O5/c1-11(13-5-3-4-6-14(13)18)19-17(21)10-25-16-9-12(20(22)23)7-8-15(16)24-2/h3-9,11H,10H2,1-2H3,(H,19,21)/t11-/m0/s1. The summed E-state index contributed by atoms with van der Waals surface area (Å²) in [4.78, 5) is 22.4. The molecule has 0 aliphatic heterocycles. The van der Waals surface area contributed by atoms with E-state index >= 15 is 0 Å². The number of ether oxygens (including phenoxy) is 2. The van der Waals surface area contributed by atoms with E-state index in [0.717, 1.165) is 5.56 Å². The van der Waals surface area contributed by atoms with Crippen molar-refractivity contribution in [2.24, 2.45) is 0 Å². The zero-order valence-electron chi connectivity index (χ0n) is 13.7. The molecule has 1 atom stereocenters. The highest BCUT2D eigenvalue weighted by Gasteiger charge is 2.16. The Bertz CT molecular complexity index is 781. The first kappa shape index (κ1) is 18.5. The van der Waals surface area contributed by atoms with Crippen molar-refractivity contribution in [2.45, 2.75) is 13.0 Å². The number of non-ortho nitro benzene ring substituents is 1. The number of nitrogens with zero attached hydrogens (tertiary/aromatic N) is 1. The van der Waals surface area contributed by atoms with Gasteiger partial charge in [-0.1, -0.05) is 29.8 Å². The molecule has 0 heterocycles. The van der Waals surface area contributed by atoms with E-state index in [4.69, 9.17) is 21.1 Å². The van der Waals surface area contributed by atoms with Crippen LogP contribution in [0, 0.1) is 10.1 Å². The molecule has 0 spiro atoms. The molecule has 0 bridgehead atoms. The SMILES string of the molecule is COc1ccc([N+](=O)[O-])cc1OCC(=O)N[C@@H](C)c1ccccc1Cl. The molecule has 0 unspecified atom stereocenters. The summed E-state index contributed by atoms with van der Waals surface area (Å²) in [5.41, 5.74) is 0.631. The van der Waals surface area contributed by atoms with Crippen LogP contribution in [0.3, 0.4) is 0 Å². The van der Waals surface area contributed by atoms with Crippen molar-refractivity contribution in [2.75, 3.05) is 13.7 Å². The maximum atomic E-state index is 12.1. The number of carbonyl (C=O) groups is 1. The normalized spacial score (nSPS) is 11.5. The van der Waals surface area contributed by atoms with E-state index < -0.39 is 4.92 Å². The fourth-order valence-corrected chi connectivity index (χ4v) is 2.52. The van der Waals surface area contributed by atoms with E-state index in [2.05, 4.69) is 5.32 Å². The third kappa shape index (κ3) is 4.84. The average Bonchev–Trinajstić information content (AvgIpc) is 2.59. The lowest BCUT2D eigenvalue weighted by atomic mass is 10.1. The molecule has 0 saturated carbocycles. The number of benzene rings is 2. The summed E-state index contributed by atoms with van der Waals surface area (Å²) < 4.78 is 10.5. The van der Waals surface area contributed by atoms with E-state index in [0.29, 0.717) is 10.8 Å². The monoisotopic (exact) mass is 364 g/mol. The largest absolute Gasteiger partial charge is 0.493 e. The van der Waals surface area contributed by atoms with Gasteiger partial charge in [0, 0.05) is 11.1 Å². The van der Waals surface area contributed by atoms with Gasteiger partial charge in [-0.25, -0.2) is 0 Å². The fraction of sp³-hybridized carbons (Fsp3) is 0.235. The van der Waals surface area contributed by atoms with Crippen LogP contribution in [0.1, 0.15) is 18.5 Å². The lowest BCUT2D eigenvalue weighted by Gasteiger charge is -2.16. The van der Waals surface area contributed by atoms with Crippen molar-refractivity contribution >= 4 is 23.2 Å². The lowest BCUT2D eigenvalue weighted by Crippen LogP contribution is -2.31. The molecular weight excluding hydrogens is 348 g/mol. The molecule has 0 aliphatic rings. The first-order valence-corrected chi connectivity index (χ1v) is 7.79. The highest BCUT2D eigenvalue weighted by atomic mass is 35.5. The molecule has 8 heteroatoms. The molecular formula is C17H17ClN2O5. The summed E-state index contributed by atoms with van der Waals surface area (Å²) in [6.45, 7) is 1.49. The molecule has 25 heavy (non-hydrogen) atoms. The third-order valence-electron chi connectivity index (χ3n) is 3.47. The second kappa shape index (κ2) is 8.34. The Morgan fingerprint density at radius 2 is 2.00 bits per heavy atom. The lowest BCUT2D eigenvalue weighted by molar-refractivity contribution is -0.385. The molecule has 2 aromatic carbocycles. The highest BCUT2D eigenvalue weighted by Crippen LogP contribution is 2.31. The van der Waals surface area contributed by atoms with Crippen LogP contribution in [0.2, 0.25) is 5.02 Å². The minimum absolute atomic E-state index is 0.122. The Labute approximate surface area is 149 Å². The maximum Gasteiger partial charge on any atom is 0.273 e. The number of nitro benzene ring substituents is 1. The average molecular weight is 365 g/mol. The van der Waals surface area contributed by atoms with Crippen LogP contribution in [0.4, 0.5) is 5.69 Å². The molecule has 0 fully saturated rings. The van der Waals surface area contributed by atoms with Gasteiger partial charge in [0.05, 0.1) is 24.1 Å². The Hall–Kier alpha value is -2.80. The van der Waals surface area contributed by atoms with Gasteiger partial charge in [-0.05, 0) is 24.6 Å². The van der Waals surface area contributed by atoms with Crippen molar-refractivity contribution in [3.63, 3.8) is 0 Å². The van der Waals surface area contributed by atoms with Crippen molar-refractivity contribution in [1.82, 2.24) is 5.32 Å². The molecule has 0 saturated heterocycles. The van der Waals surface area contributed by atoms with E-state index in [9.17, 15) is 14.9 Å². The van der Waals surface area contributed by atoms with Crippen LogP contribution < -0.4 is 14.8 Å². The summed E-state index contributed by atoms with van der Waals surface area (Å²) >= 11 is 6.10. The molecule has 0 aromatic heterocycles. The quantitative estimate of drug-likeness (QED) is 0.599. The first-order valence-electron chi connectivity index (χ1n) is 7.41. The number of hydrogen-bond acceptors (Lipinski definition) is 5. The van der Waals surface area contributed by atoms with Gasteiger partial charge in [0.1, 0.15) is 0 Å². The summed E-state index contributed by atoms with van der Waals surface area (Å²) in [6.07, 6.45) is 0. The Morgan fingerprint density at radius 1 is 1.28 bits per heavy atom. The van der Waals surface area contributed by atoms with E-state index in [-0.39, 0.29) is 30.0 Å². The molecule has 1 amide bonds. The van der Waals surface area contributed by atoms with Gasteiger partial charge in [-0.3, -0.25) is 14.9 Å². The second-order valence-corrected chi connectivity index (χ2v) is 5.60. The first-order chi connectivity index (χ1) is 11.9. The number of nitrogens with one attached hydrogen (secondary N) is 1. The number of rotatable bonds is 7. The minimum Gasteiger partial charge on any atom is -0.493 e. The zero-order valence-corrected chi connectivity index (χ0v) is 14.4. The van der Waals surface area contributed by atoms with Crippen LogP contribution in [0.15, 0.2) is 42.5 Å². The number of amides is 1. The fourth-order valence-electron chi connectivity index (χ4n) is 2.22. The number of carbonyl (C=O) groups excluding carboxylic acids is 1. The van der Waals surface area contributed by atoms with Crippen LogP contribution in [0.25, 0.3) is 0 Å². The summed E-state index contributed by atoms with van der Waals surface area (Å²) in [7, 11) is 1.41. The topological polar surface area (TPSA) is 90.7 Å². The molecule has 7 nitrogen and oxygen atoms in total. The predicted octanol–water partition coefficient (Wildman–Crippen LogP) is 3.51. The van der Waals surface area contributed by atoms with Crippen LogP contribution in [-0.4, -0.2) is 24.5 Å². The summed E-state index contributed by atoms with van der Waals surface area (Å²) in [5.74, 6) is 0.0378. The van der Waals surface area contributed by atoms with Gasteiger partial charge < -0.3 is 14.8 Å². The molecule has 2 aromatic rings. The van der Waals surface area contributed by atoms with Gasteiger partial charge in [-0.15, -0.1) is 0 Å². The van der Waals surface area contributed by atoms with E-state index in [1.807, 2.05) is 12.1 Å². The predicted molar refractivity (Wildman–Crippen MR) is 93.2 cm³/mol. The summed E-state index contributed by atoms with van der Waals surface area (Å²) in [5, 5.41) is 14.2. The van der Waals surface area contributed by atoms with Crippen molar-refractivity contribution in [3.05, 3.63) is 63.2 Å². The minimum atomic E-state index is -0.550. The number of hydrogen-bond donors (Lipinski definition) is 1. The van der Waals surface area contributed by atoms with E-state index in [1.54, 1.807) is 19.1 Å². The number of halogens is 1. The second-order valence-electron chi connectivity index (χ2n) is 5.19. The van der Waals surface area contributed by atoms with Crippen LogP contribution >= 0.6 is 11.6 Å². The summed E-state index contributed by atoms with van der Waals surface area (Å²) in [6, 6.07) is 10.8. The highest BCUT2D eigenvalue weighted by molar-refractivity contribution is 6.31. The number of nitro groups is 1. The van der Waals surface area contributed by atoms with E-state index in [1.165, 1.54) is 25.3 Å². The van der Waals surface area contributed by atoms with Crippen molar-refractivity contribution in [3.8, 4) is 11.5 Å². The van der Waals surface area contributed by atoms with Crippen molar-refractivity contribution < 1.29 is 19.2 Å². The van der Waals surface area contributed by atoms with Gasteiger partial charge in [0.2, 0.25) is 0 Å². The van der Waals surface area contributed by atoms with Gasteiger partial charge in [-0.2, -0.15) is 0 Å². The Morgan fingerprint density at radius 3 is 2.64 bits per heavy atom. The maximum absolute atomic E-state index is 12.1. The molecule has 0 radical (unpaired) electrons. The van der Waals surface area contributed by atoms with Gasteiger partial charge >= 0.3 is 0 Å². The molecule has 2 rings (SSSR count). The molecule has 1 N–H and O–H groups in total. The van der Waals surface area contributed by atoms with Crippen LogP contribution in [-0.2, 0) is 4.79 Å². The van der Waals surface area contributed by atoms with Gasteiger partial charge in [0.25, 0.3) is 11.6 Å². The smallest absolute Gasteiger partial charge is 0.273 e. The Balaban J connectivity index is 2.01. The Kier molecular flexibility index (Phi) is 6.19. The molecule has 132 valence electrons.